The van der Waals surface area contributed by atoms with Crippen LogP contribution in [0.25, 0.3) is 0 Å². The number of carbonyl (C=O) groups excluding carboxylic acids is 1. The van der Waals surface area contributed by atoms with E-state index in [9.17, 15) is 4.79 Å². The summed E-state index contributed by atoms with van der Waals surface area (Å²) in [6.07, 6.45) is 0. The van der Waals surface area contributed by atoms with Gasteiger partial charge in [0, 0.05) is 13.1 Å². The maximum absolute atomic E-state index is 11.9. The molecule has 18 heavy (non-hydrogen) atoms. The van der Waals surface area contributed by atoms with E-state index >= 15 is 0 Å². The first kappa shape index (κ1) is 13.8. The number of amides is 1. The Hall–Kier alpha value is -0.610. The molecule has 0 unspecified atom stereocenters. The van der Waals surface area contributed by atoms with Crippen LogP contribution in [0.1, 0.15) is 27.7 Å². The smallest absolute Gasteiger partial charge is 0.236 e. The molecule has 4 heteroatoms. The molecule has 1 aliphatic carbocycles. The maximum atomic E-state index is 11.9. The van der Waals surface area contributed by atoms with Crippen LogP contribution < -0.4 is 5.32 Å². The predicted octanol–water partition coefficient (Wildman–Crippen LogP) is 1.12. The van der Waals surface area contributed by atoms with Gasteiger partial charge in [0.05, 0.1) is 19.8 Å². The van der Waals surface area contributed by atoms with Crippen LogP contribution in [0, 0.1) is 16.7 Å². The Bertz CT molecular complexity index is 306. The number of nitrogens with zero attached hydrogens (tertiary/aromatic N) is 1. The van der Waals surface area contributed by atoms with E-state index in [0.29, 0.717) is 36.5 Å². The number of hydrogen-bond donors (Lipinski definition) is 1. The molecule has 1 amide bonds. The highest BCUT2D eigenvalue weighted by Gasteiger charge is 2.63. The third-order valence-corrected chi connectivity index (χ3v) is 5.31. The SMILES string of the molecule is CC1(C)C(CNCC(=O)N2CCOCC2)C1(C)C. The molecule has 0 atom stereocenters. The number of rotatable bonds is 4. The molecule has 1 saturated heterocycles. The summed E-state index contributed by atoms with van der Waals surface area (Å²) >= 11 is 0. The lowest BCUT2D eigenvalue weighted by Gasteiger charge is -2.27. The van der Waals surface area contributed by atoms with Gasteiger partial charge in [-0.05, 0) is 23.3 Å². The largest absolute Gasteiger partial charge is 0.378 e. The highest BCUT2D eigenvalue weighted by molar-refractivity contribution is 5.78. The zero-order chi connectivity index (χ0) is 13.4. The zero-order valence-electron chi connectivity index (χ0n) is 12.1. The Morgan fingerprint density at radius 3 is 2.28 bits per heavy atom. The molecular weight excluding hydrogens is 228 g/mol. The van der Waals surface area contributed by atoms with E-state index in [-0.39, 0.29) is 5.91 Å². The van der Waals surface area contributed by atoms with Crippen molar-refractivity contribution in [2.75, 3.05) is 39.4 Å². The standard InChI is InChI=1S/C14H26N2O2/c1-13(2)11(14(13,3)4)9-15-10-12(17)16-5-7-18-8-6-16/h11,15H,5-10H2,1-4H3. The second kappa shape index (κ2) is 4.82. The van der Waals surface area contributed by atoms with Crippen molar-refractivity contribution >= 4 is 5.91 Å². The molecule has 4 nitrogen and oxygen atoms in total. The van der Waals surface area contributed by atoms with Crippen LogP contribution in [0.3, 0.4) is 0 Å². The lowest BCUT2D eigenvalue weighted by Crippen LogP contribution is -2.45. The minimum Gasteiger partial charge on any atom is -0.378 e. The molecule has 1 heterocycles. The first-order valence-electron chi connectivity index (χ1n) is 6.93. The normalized spacial score (nSPS) is 26.1. The van der Waals surface area contributed by atoms with Crippen molar-refractivity contribution in [3.05, 3.63) is 0 Å². The summed E-state index contributed by atoms with van der Waals surface area (Å²) in [5, 5.41) is 3.32. The fourth-order valence-electron chi connectivity index (χ4n) is 3.09. The van der Waals surface area contributed by atoms with E-state index in [0.717, 1.165) is 19.6 Å². The summed E-state index contributed by atoms with van der Waals surface area (Å²) in [4.78, 5) is 13.8. The van der Waals surface area contributed by atoms with Gasteiger partial charge in [0.2, 0.25) is 5.91 Å². The molecule has 1 aliphatic heterocycles. The summed E-state index contributed by atoms with van der Waals surface area (Å²) in [6.45, 7) is 13.5. The van der Waals surface area contributed by atoms with Gasteiger partial charge in [-0.1, -0.05) is 27.7 Å². The van der Waals surface area contributed by atoms with E-state index in [1.165, 1.54) is 0 Å². The molecule has 2 rings (SSSR count). The van der Waals surface area contributed by atoms with Crippen molar-refractivity contribution in [1.82, 2.24) is 10.2 Å². The van der Waals surface area contributed by atoms with Crippen LogP contribution in [0.15, 0.2) is 0 Å². The van der Waals surface area contributed by atoms with Gasteiger partial charge in [-0.15, -0.1) is 0 Å². The van der Waals surface area contributed by atoms with Gasteiger partial charge >= 0.3 is 0 Å². The highest BCUT2D eigenvalue weighted by Crippen LogP contribution is 2.67. The van der Waals surface area contributed by atoms with Crippen molar-refractivity contribution in [3.63, 3.8) is 0 Å². The lowest BCUT2D eigenvalue weighted by molar-refractivity contribution is -0.134. The minimum atomic E-state index is 0.203. The van der Waals surface area contributed by atoms with Crippen molar-refractivity contribution in [3.8, 4) is 0 Å². The summed E-state index contributed by atoms with van der Waals surface area (Å²) in [6, 6.07) is 0. The van der Waals surface area contributed by atoms with Crippen LogP contribution in [-0.2, 0) is 9.53 Å². The Morgan fingerprint density at radius 1 is 1.22 bits per heavy atom. The Balaban J connectivity index is 1.68. The lowest BCUT2D eigenvalue weighted by atomic mass is 10.0. The molecule has 104 valence electrons. The van der Waals surface area contributed by atoms with Gasteiger partial charge in [-0.25, -0.2) is 0 Å². The number of nitrogens with one attached hydrogen (secondary N) is 1. The van der Waals surface area contributed by atoms with Gasteiger partial charge in [0.25, 0.3) is 0 Å². The molecule has 1 saturated carbocycles. The van der Waals surface area contributed by atoms with E-state index in [4.69, 9.17) is 4.74 Å². The number of carbonyl (C=O) groups is 1. The highest BCUT2D eigenvalue weighted by atomic mass is 16.5. The zero-order valence-corrected chi connectivity index (χ0v) is 12.1. The van der Waals surface area contributed by atoms with Gasteiger partial charge in [0.15, 0.2) is 0 Å². The van der Waals surface area contributed by atoms with Crippen LogP contribution in [-0.4, -0.2) is 50.2 Å². The fourth-order valence-corrected chi connectivity index (χ4v) is 3.09. The summed E-state index contributed by atoms with van der Waals surface area (Å²) < 4.78 is 5.24. The molecule has 0 spiro atoms. The Labute approximate surface area is 110 Å². The van der Waals surface area contributed by atoms with Crippen LogP contribution in [0.4, 0.5) is 0 Å². The molecular formula is C14H26N2O2. The van der Waals surface area contributed by atoms with E-state index in [2.05, 4.69) is 33.0 Å². The van der Waals surface area contributed by atoms with Crippen molar-refractivity contribution in [2.45, 2.75) is 27.7 Å². The average molecular weight is 254 g/mol. The number of ether oxygens (including phenoxy) is 1. The Kier molecular flexibility index (Phi) is 3.70. The molecule has 0 aromatic heterocycles. The summed E-state index contributed by atoms with van der Waals surface area (Å²) in [7, 11) is 0. The Morgan fingerprint density at radius 2 is 1.78 bits per heavy atom. The van der Waals surface area contributed by atoms with Crippen molar-refractivity contribution in [1.29, 1.82) is 0 Å². The second-order valence-corrected chi connectivity index (χ2v) is 6.62. The van der Waals surface area contributed by atoms with E-state index in [1.807, 2.05) is 4.90 Å². The van der Waals surface area contributed by atoms with Crippen LogP contribution in [0.5, 0.6) is 0 Å². The van der Waals surface area contributed by atoms with Gasteiger partial charge in [0.1, 0.15) is 0 Å². The monoisotopic (exact) mass is 254 g/mol. The number of hydrogen-bond acceptors (Lipinski definition) is 3. The molecule has 0 radical (unpaired) electrons. The molecule has 0 aromatic rings. The van der Waals surface area contributed by atoms with Crippen molar-refractivity contribution < 1.29 is 9.53 Å². The molecule has 2 fully saturated rings. The average Bonchev–Trinajstić information content (AvgIpc) is 2.72. The van der Waals surface area contributed by atoms with E-state index in [1.54, 1.807) is 0 Å². The third kappa shape index (κ3) is 2.41. The second-order valence-electron chi connectivity index (χ2n) is 6.62. The first-order chi connectivity index (χ1) is 8.37. The first-order valence-corrected chi connectivity index (χ1v) is 6.93. The van der Waals surface area contributed by atoms with Gasteiger partial charge in [-0.2, -0.15) is 0 Å². The maximum Gasteiger partial charge on any atom is 0.236 e. The molecule has 1 N–H and O–H groups in total. The fraction of sp³-hybridized carbons (Fsp3) is 0.929. The van der Waals surface area contributed by atoms with Crippen molar-refractivity contribution in [2.24, 2.45) is 16.7 Å². The topological polar surface area (TPSA) is 41.6 Å². The van der Waals surface area contributed by atoms with Crippen LogP contribution >= 0.6 is 0 Å². The molecule has 0 bridgehead atoms. The third-order valence-electron chi connectivity index (χ3n) is 5.31. The predicted molar refractivity (Wildman–Crippen MR) is 71.3 cm³/mol. The summed E-state index contributed by atoms with van der Waals surface area (Å²) in [5.41, 5.74) is 0.782. The number of morpholine rings is 1. The summed E-state index contributed by atoms with van der Waals surface area (Å²) in [5.74, 6) is 0.872. The molecule has 0 aromatic carbocycles. The van der Waals surface area contributed by atoms with Gasteiger partial charge in [-0.3, -0.25) is 4.79 Å². The van der Waals surface area contributed by atoms with E-state index < -0.39 is 0 Å². The van der Waals surface area contributed by atoms with Crippen LogP contribution in [0.2, 0.25) is 0 Å². The van der Waals surface area contributed by atoms with Gasteiger partial charge < -0.3 is 15.0 Å². The molecule has 2 aliphatic rings. The quantitative estimate of drug-likeness (QED) is 0.817. The minimum absolute atomic E-state index is 0.203.